The molecule has 34 heavy (non-hydrogen) atoms. The second kappa shape index (κ2) is 7.09. The zero-order chi connectivity index (χ0) is 22.2. The quantitative estimate of drug-likeness (QED) is 0.231. The number of thioether (sulfide) groups is 1. The van der Waals surface area contributed by atoms with E-state index in [2.05, 4.69) is 103 Å². The van der Waals surface area contributed by atoms with E-state index in [0.29, 0.717) is 5.25 Å². The second-order valence-electron chi connectivity index (χ2n) is 9.29. The van der Waals surface area contributed by atoms with Crippen molar-refractivity contribution in [1.29, 1.82) is 0 Å². The molecule has 0 nitrogen and oxygen atoms in total. The smallest absolute Gasteiger partial charge is 0.0391 e. The van der Waals surface area contributed by atoms with Gasteiger partial charge in [0.2, 0.25) is 0 Å². The second-order valence-corrected chi connectivity index (χ2v) is 11.6. The van der Waals surface area contributed by atoms with E-state index in [4.69, 9.17) is 0 Å². The average molecular weight is 469 g/mol. The van der Waals surface area contributed by atoms with Gasteiger partial charge in [-0.15, -0.1) is 23.1 Å². The number of allylic oxidation sites excluding steroid dienone is 3. The van der Waals surface area contributed by atoms with Gasteiger partial charge in [-0.3, -0.25) is 0 Å². The van der Waals surface area contributed by atoms with Crippen molar-refractivity contribution in [3.8, 4) is 0 Å². The Bertz CT molecular complexity index is 1870. The highest BCUT2D eigenvalue weighted by Crippen LogP contribution is 2.53. The summed E-state index contributed by atoms with van der Waals surface area (Å²) in [6, 6.07) is 33.8. The van der Waals surface area contributed by atoms with E-state index in [-0.39, 0.29) is 0 Å². The van der Waals surface area contributed by atoms with Gasteiger partial charge in [-0.1, -0.05) is 72.8 Å². The minimum atomic E-state index is 0.488. The van der Waals surface area contributed by atoms with Crippen molar-refractivity contribution < 1.29 is 0 Å². The molecule has 2 heterocycles. The molecule has 1 aliphatic heterocycles. The van der Waals surface area contributed by atoms with Crippen LogP contribution in [0.5, 0.6) is 0 Å². The Balaban J connectivity index is 1.29. The highest BCUT2D eigenvalue weighted by molar-refractivity contribution is 8.01. The first-order valence-electron chi connectivity index (χ1n) is 11.8. The third-order valence-corrected chi connectivity index (χ3v) is 9.81. The summed E-state index contributed by atoms with van der Waals surface area (Å²) in [5, 5.41) is 8.62. The van der Waals surface area contributed by atoms with Gasteiger partial charge in [-0.2, -0.15) is 0 Å². The largest absolute Gasteiger partial charge is 0.135 e. The molecule has 8 rings (SSSR count). The monoisotopic (exact) mass is 468 g/mol. The van der Waals surface area contributed by atoms with Gasteiger partial charge in [0.05, 0.1) is 0 Å². The van der Waals surface area contributed by atoms with Crippen molar-refractivity contribution >= 4 is 76.0 Å². The van der Waals surface area contributed by atoms with Crippen LogP contribution in [0.2, 0.25) is 0 Å². The lowest BCUT2D eigenvalue weighted by Crippen LogP contribution is -2.05. The molecule has 6 aromatic rings. The van der Waals surface area contributed by atoms with Gasteiger partial charge in [0.25, 0.3) is 0 Å². The van der Waals surface area contributed by atoms with E-state index >= 15 is 0 Å². The standard InChI is InChI=1S/C32H20S2/c1-2-6-20-15-21(10-9-19(20)5-1)22-11-13-25-30(16-22)34-29-14-12-23-17-31-27(18-26(23)32(25)29)24-7-3-4-8-28(24)33-31/h1-15,17-18,30H,16H2. The molecule has 1 unspecified atom stereocenters. The molecule has 0 saturated carbocycles. The van der Waals surface area contributed by atoms with Crippen LogP contribution in [0.3, 0.4) is 0 Å². The lowest BCUT2D eigenvalue weighted by molar-refractivity contribution is 1.11. The van der Waals surface area contributed by atoms with E-state index in [1.807, 2.05) is 23.1 Å². The predicted molar refractivity (Wildman–Crippen MR) is 151 cm³/mol. The molecule has 5 aromatic carbocycles. The van der Waals surface area contributed by atoms with Crippen LogP contribution in [-0.2, 0) is 0 Å². The number of hydrogen-bond acceptors (Lipinski definition) is 2. The molecule has 0 fully saturated rings. The molecule has 1 atom stereocenters. The summed E-state index contributed by atoms with van der Waals surface area (Å²) in [5.74, 6) is 0. The molecule has 0 bridgehead atoms. The Kier molecular flexibility index (Phi) is 3.96. The molecule has 0 spiro atoms. The molecular formula is C32H20S2. The number of thiophene rings is 1. The van der Waals surface area contributed by atoms with E-state index in [1.54, 1.807) is 0 Å². The van der Waals surface area contributed by atoms with E-state index in [0.717, 1.165) is 6.42 Å². The van der Waals surface area contributed by atoms with Crippen LogP contribution in [-0.4, -0.2) is 5.25 Å². The van der Waals surface area contributed by atoms with E-state index < -0.39 is 0 Å². The lowest BCUT2D eigenvalue weighted by Gasteiger charge is -2.19. The molecule has 1 aliphatic carbocycles. The third kappa shape index (κ3) is 2.73. The molecule has 2 aliphatic rings. The number of fused-ring (bicyclic) bond motifs is 9. The zero-order valence-corrected chi connectivity index (χ0v) is 20.0. The summed E-state index contributed by atoms with van der Waals surface area (Å²) in [6.45, 7) is 0. The first kappa shape index (κ1) is 19.0. The number of rotatable bonds is 1. The molecule has 2 heteroatoms. The van der Waals surface area contributed by atoms with Crippen molar-refractivity contribution in [2.75, 3.05) is 0 Å². The summed E-state index contributed by atoms with van der Waals surface area (Å²) >= 11 is 3.94. The van der Waals surface area contributed by atoms with Crippen LogP contribution in [0.1, 0.15) is 17.5 Å². The molecule has 1 aromatic heterocycles. The van der Waals surface area contributed by atoms with Crippen molar-refractivity contribution in [3.05, 3.63) is 114 Å². The molecule has 160 valence electrons. The van der Waals surface area contributed by atoms with E-state index in [1.165, 1.54) is 68.9 Å². The average Bonchev–Trinajstić information content (AvgIpc) is 3.44. The molecule has 0 saturated heterocycles. The maximum Gasteiger partial charge on any atom is 0.0391 e. The third-order valence-electron chi connectivity index (χ3n) is 7.37. The van der Waals surface area contributed by atoms with Crippen molar-refractivity contribution in [2.45, 2.75) is 16.6 Å². The van der Waals surface area contributed by atoms with Crippen LogP contribution in [0, 0.1) is 0 Å². The van der Waals surface area contributed by atoms with Crippen LogP contribution >= 0.6 is 23.1 Å². The normalized spacial score (nSPS) is 17.2. The first-order valence-corrected chi connectivity index (χ1v) is 13.5. The summed E-state index contributed by atoms with van der Waals surface area (Å²) in [4.78, 5) is 1.43. The van der Waals surface area contributed by atoms with Crippen LogP contribution in [0.4, 0.5) is 0 Å². The van der Waals surface area contributed by atoms with Crippen LogP contribution in [0.25, 0.3) is 52.9 Å². The highest BCUT2D eigenvalue weighted by atomic mass is 32.2. The minimum Gasteiger partial charge on any atom is -0.135 e. The van der Waals surface area contributed by atoms with Gasteiger partial charge < -0.3 is 0 Å². The SMILES string of the molecule is C1=C(c2ccc3ccccc3c2)CC2Sc3ccc4cc5sc6ccccc6c5cc4c3C2=C1. The van der Waals surface area contributed by atoms with Crippen LogP contribution < -0.4 is 0 Å². The van der Waals surface area contributed by atoms with E-state index in [9.17, 15) is 0 Å². The molecule has 0 amide bonds. The Morgan fingerprint density at radius 2 is 1.47 bits per heavy atom. The summed E-state index contributed by atoms with van der Waals surface area (Å²) in [6.07, 6.45) is 5.84. The Hall–Kier alpha value is -3.33. The highest BCUT2D eigenvalue weighted by Gasteiger charge is 2.32. The van der Waals surface area contributed by atoms with Gasteiger partial charge >= 0.3 is 0 Å². The van der Waals surface area contributed by atoms with Gasteiger partial charge in [-0.25, -0.2) is 0 Å². The zero-order valence-electron chi connectivity index (χ0n) is 18.4. The van der Waals surface area contributed by atoms with Gasteiger partial charge in [0.1, 0.15) is 0 Å². The summed E-state index contributed by atoms with van der Waals surface area (Å²) in [5.41, 5.74) is 5.74. The number of hydrogen-bond donors (Lipinski definition) is 0. The predicted octanol–water partition coefficient (Wildman–Crippen LogP) is 9.71. The van der Waals surface area contributed by atoms with Crippen molar-refractivity contribution in [2.24, 2.45) is 0 Å². The molecule has 0 N–H and O–H groups in total. The fourth-order valence-corrected chi connectivity index (χ4v) is 8.22. The summed E-state index contributed by atoms with van der Waals surface area (Å²) < 4.78 is 2.75. The Labute approximate surface area is 206 Å². The lowest BCUT2D eigenvalue weighted by atomic mass is 9.87. The van der Waals surface area contributed by atoms with Gasteiger partial charge in [0.15, 0.2) is 0 Å². The topological polar surface area (TPSA) is 0 Å². The maximum atomic E-state index is 2.45. The fourth-order valence-electron chi connectivity index (χ4n) is 5.70. The molecular weight excluding hydrogens is 448 g/mol. The summed E-state index contributed by atoms with van der Waals surface area (Å²) in [7, 11) is 0. The van der Waals surface area contributed by atoms with Crippen LogP contribution in [0.15, 0.2) is 108 Å². The maximum absolute atomic E-state index is 2.45. The fraction of sp³-hybridized carbons (Fsp3) is 0.0625. The first-order chi connectivity index (χ1) is 16.8. The Morgan fingerprint density at radius 3 is 2.44 bits per heavy atom. The Morgan fingerprint density at radius 1 is 0.618 bits per heavy atom. The van der Waals surface area contributed by atoms with Crippen molar-refractivity contribution in [1.82, 2.24) is 0 Å². The van der Waals surface area contributed by atoms with Gasteiger partial charge in [-0.05, 0) is 75.0 Å². The minimum absolute atomic E-state index is 0.488. The van der Waals surface area contributed by atoms with Gasteiger partial charge in [0, 0.05) is 35.9 Å². The van der Waals surface area contributed by atoms with Crippen molar-refractivity contribution in [3.63, 3.8) is 0 Å². The molecule has 0 radical (unpaired) electrons. The number of benzene rings is 5.